The van der Waals surface area contributed by atoms with Gasteiger partial charge in [-0.15, -0.1) is 0 Å². The first kappa shape index (κ1) is 25.2. The van der Waals surface area contributed by atoms with Crippen molar-refractivity contribution >= 4 is 17.8 Å². The van der Waals surface area contributed by atoms with Crippen LogP contribution in [0.15, 0.2) is 54.6 Å². The van der Waals surface area contributed by atoms with E-state index in [9.17, 15) is 14.4 Å². The van der Waals surface area contributed by atoms with Crippen molar-refractivity contribution in [2.24, 2.45) is 5.92 Å². The van der Waals surface area contributed by atoms with Gasteiger partial charge in [0.25, 0.3) is 5.91 Å². The second kappa shape index (κ2) is 10.7. The molecule has 34 heavy (non-hydrogen) atoms. The van der Waals surface area contributed by atoms with E-state index >= 15 is 0 Å². The summed E-state index contributed by atoms with van der Waals surface area (Å²) in [5.74, 6) is -2.55. The number of methoxy groups -OCH3 is 3. The van der Waals surface area contributed by atoms with E-state index in [4.69, 9.17) is 19.0 Å². The largest absolute Gasteiger partial charge is 0.497 e. The lowest BCUT2D eigenvalue weighted by Crippen LogP contribution is -2.55. The Hall–Kier alpha value is -3.39. The number of carbonyl (C=O) groups is 3. The fourth-order valence-corrected chi connectivity index (χ4v) is 4.37. The number of esters is 2. The maximum absolute atomic E-state index is 13.6. The number of nitrogens with zero attached hydrogens (tertiary/aromatic N) is 1. The molecule has 1 saturated heterocycles. The molecular formula is C26H31NO7. The lowest BCUT2D eigenvalue weighted by atomic mass is 9.77. The van der Waals surface area contributed by atoms with Gasteiger partial charge in [0.2, 0.25) is 0 Å². The summed E-state index contributed by atoms with van der Waals surface area (Å²) in [5, 5.41) is 1.31. The molecule has 0 N–H and O–H groups in total. The minimum Gasteiger partial charge on any atom is -0.497 e. The molecule has 8 nitrogen and oxygen atoms in total. The minimum atomic E-state index is -1.21. The van der Waals surface area contributed by atoms with Crippen LogP contribution in [0.4, 0.5) is 0 Å². The highest BCUT2D eigenvalue weighted by Gasteiger charge is 2.47. The van der Waals surface area contributed by atoms with Crippen molar-refractivity contribution in [2.45, 2.75) is 44.2 Å². The number of benzene rings is 2. The molecule has 1 heterocycles. The van der Waals surface area contributed by atoms with Gasteiger partial charge >= 0.3 is 11.9 Å². The molecule has 8 heteroatoms. The van der Waals surface area contributed by atoms with Crippen LogP contribution in [-0.4, -0.2) is 55.9 Å². The van der Waals surface area contributed by atoms with Crippen molar-refractivity contribution < 1.29 is 33.4 Å². The molecule has 2 atom stereocenters. The van der Waals surface area contributed by atoms with Crippen LogP contribution in [0, 0.1) is 5.92 Å². The Balaban J connectivity index is 2.09. The molecule has 1 fully saturated rings. The third-order valence-electron chi connectivity index (χ3n) is 6.04. The predicted octanol–water partition coefficient (Wildman–Crippen LogP) is 3.76. The highest BCUT2D eigenvalue weighted by atomic mass is 16.7. The third kappa shape index (κ3) is 5.56. The average Bonchev–Trinajstić information content (AvgIpc) is 2.86. The normalized spacial score (nSPS) is 19.4. The molecule has 1 aliphatic rings. The molecule has 1 aliphatic heterocycles. The molecule has 2 aromatic carbocycles. The number of rotatable bonds is 7. The molecule has 0 aliphatic carbocycles. The quantitative estimate of drug-likeness (QED) is 0.450. The second-order valence-electron chi connectivity index (χ2n) is 8.83. The average molecular weight is 470 g/mol. The zero-order valence-corrected chi connectivity index (χ0v) is 20.1. The Bertz CT molecular complexity index is 988. The topological polar surface area (TPSA) is 91.4 Å². The molecular weight excluding hydrogens is 438 g/mol. The zero-order chi connectivity index (χ0) is 24.9. The van der Waals surface area contributed by atoms with Crippen LogP contribution in [0.1, 0.15) is 48.5 Å². The van der Waals surface area contributed by atoms with Gasteiger partial charge in [-0.1, -0.05) is 30.3 Å². The smallest absolute Gasteiger partial charge is 0.320 e. The Kier molecular flexibility index (Phi) is 7.94. The van der Waals surface area contributed by atoms with Gasteiger partial charge in [0, 0.05) is 11.5 Å². The first-order valence-corrected chi connectivity index (χ1v) is 11.1. The lowest BCUT2D eigenvalue weighted by Gasteiger charge is -2.48. The van der Waals surface area contributed by atoms with Crippen LogP contribution in [0.3, 0.4) is 0 Å². The summed E-state index contributed by atoms with van der Waals surface area (Å²) in [6, 6.07) is 15.6. The number of hydrogen-bond acceptors (Lipinski definition) is 7. The number of carbonyl (C=O) groups excluding carboxylic acids is 3. The van der Waals surface area contributed by atoms with Crippen LogP contribution in [-0.2, 0) is 23.9 Å². The molecule has 0 spiro atoms. The molecule has 0 saturated carbocycles. The van der Waals surface area contributed by atoms with Crippen LogP contribution < -0.4 is 4.74 Å². The minimum absolute atomic E-state index is 0.0231. The van der Waals surface area contributed by atoms with E-state index < -0.39 is 29.5 Å². The van der Waals surface area contributed by atoms with E-state index in [2.05, 4.69) is 0 Å². The summed E-state index contributed by atoms with van der Waals surface area (Å²) in [5.41, 5.74) is 0.685. The summed E-state index contributed by atoms with van der Waals surface area (Å²) in [7, 11) is 4.02. The van der Waals surface area contributed by atoms with Crippen molar-refractivity contribution in [2.75, 3.05) is 21.3 Å². The standard InChI is InChI=1S/C26H31NO7/c1-26(2)16-21(17-11-13-19(31-3)14-12-17)22(15-20(24(29)32-4)25(30)33-5)27(34-26)23(28)18-9-7-6-8-10-18/h6-14,20-22H,15-16H2,1-5H3/t21-,22?/m0/s1. The fraction of sp³-hybridized carbons (Fsp3) is 0.423. The third-order valence-corrected chi connectivity index (χ3v) is 6.04. The maximum atomic E-state index is 13.6. The van der Waals surface area contributed by atoms with E-state index in [1.54, 1.807) is 31.4 Å². The van der Waals surface area contributed by atoms with Gasteiger partial charge in [-0.3, -0.25) is 19.2 Å². The van der Waals surface area contributed by atoms with Crippen molar-refractivity contribution in [1.29, 1.82) is 0 Å². The number of hydroxylamine groups is 2. The Morgan fingerprint density at radius 3 is 2.09 bits per heavy atom. The fourth-order valence-electron chi connectivity index (χ4n) is 4.37. The van der Waals surface area contributed by atoms with Gasteiger partial charge in [0.15, 0.2) is 5.92 Å². The second-order valence-corrected chi connectivity index (χ2v) is 8.83. The summed E-state index contributed by atoms with van der Waals surface area (Å²) in [4.78, 5) is 44.8. The van der Waals surface area contributed by atoms with E-state index in [1.165, 1.54) is 19.3 Å². The van der Waals surface area contributed by atoms with Gasteiger partial charge < -0.3 is 14.2 Å². The van der Waals surface area contributed by atoms with Gasteiger partial charge in [-0.25, -0.2) is 5.06 Å². The van der Waals surface area contributed by atoms with Crippen LogP contribution in [0.25, 0.3) is 0 Å². The SMILES string of the molecule is COC(=O)C(CC1[C@H](c2ccc(OC)cc2)CC(C)(C)ON1C(=O)c1ccccc1)C(=O)OC. The molecule has 1 unspecified atom stereocenters. The number of ether oxygens (including phenoxy) is 3. The Morgan fingerprint density at radius 2 is 1.56 bits per heavy atom. The van der Waals surface area contributed by atoms with Crippen molar-refractivity contribution in [3.05, 3.63) is 65.7 Å². The summed E-state index contributed by atoms with van der Waals surface area (Å²) in [6.45, 7) is 3.81. The first-order chi connectivity index (χ1) is 16.2. The van der Waals surface area contributed by atoms with E-state index in [0.29, 0.717) is 17.7 Å². The van der Waals surface area contributed by atoms with E-state index in [-0.39, 0.29) is 18.2 Å². The van der Waals surface area contributed by atoms with Gasteiger partial charge in [-0.05, 0) is 56.5 Å². The molecule has 2 aromatic rings. The highest BCUT2D eigenvalue weighted by molar-refractivity contribution is 5.96. The molecule has 0 aromatic heterocycles. The molecule has 182 valence electrons. The molecule has 3 rings (SSSR count). The monoisotopic (exact) mass is 469 g/mol. The number of hydrogen-bond donors (Lipinski definition) is 0. The van der Waals surface area contributed by atoms with Crippen LogP contribution in [0.2, 0.25) is 0 Å². The Morgan fingerprint density at radius 1 is 0.971 bits per heavy atom. The molecule has 0 radical (unpaired) electrons. The van der Waals surface area contributed by atoms with Crippen molar-refractivity contribution in [1.82, 2.24) is 5.06 Å². The van der Waals surface area contributed by atoms with Crippen LogP contribution >= 0.6 is 0 Å². The lowest BCUT2D eigenvalue weighted by molar-refractivity contribution is -0.259. The summed E-state index contributed by atoms with van der Waals surface area (Å²) in [6.07, 6.45) is 0.530. The van der Waals surface area contributed by atoms with E-state index in [0.717, 1.165) is 5.56 Å². The molecule has 0 bridgehead atoms. The Labute approximate surface area is 199 Å². The van der Waals surface area contributed by atoms with Gasteiger partial charge in [0.1, 0.15) is 5.75 Å². The van der Waals surface area contributed by atoms with Crippen LogP contribution in [0.5, 0.6) is 5.75 Å². The van der Waals surface area contributed by atoms with Crippen molar-refractivity contribution in [3.8, 4) is 5.75 Å². The zero-order valence-electron chi connectivity index (χ0n) is 20.1. The summed E-state index contributed by atoms with van der Waals surface area (Å²) >= 11 is 0. The van der Waals surface area contributed by atoms with Gasteiger partial charge in [0.05, 0.1) is 33.0 Å². The first-order valence-electron chi connectivity index (χ1n) is 11.1. The maximum Gasteiger partial charge on any atom is 0.320 e. The summed E-state index contributed by atoms with van der Waals surface area (Å²) < 4.78 is 15.0. The predicted molar refractivity (Wildman–Crippen MR) is 124 cm³/mol. The number of amides is 1. The molecule has 1 amide bonds. The van der Waals surface area contributed by atoms with E-state index in [1.807, 2.05) is 44.2 Å². The highest BCUT2D eigenvalue weighted by Crippen LogP contribution is 2.42. The van der Waals surface area contributed by atoms with Crippen molar-refractivity contribution in [3.63, 3.8) is 0 Å². The van der Waals surface area contributed by atoms with Gasteiger partial charge in [-0.2, -0.15) is 0 Å².